The lowest BCUT2D eigenvalue weighted by Crippen LogP contribution is -2.50. The van der Waals surface area contributed by atoms with Gasteiger partial charge in [0, 0.05) is 12.0 Å². The van der Waals surface area contributed by atoms with Gasteiger partial charge in [-0.2, -0.15) is 4.31 Å². The van der Waals surface area contributed by atoms with Gasteiger partial charge < -0.3 is 15.2 Å². The number of methoxy groups -OCH3 is 1. The SMILES string of the molecule is COc1ccc(S(=N)(=O)N2C(C(N)=O)CC3CC32Cc2ccc3c(c2)OCC3)cc1. The molecular weight excluding hydrogens is 402 g/mol. The molecule has 3 aliphatic rings. The van der Waals surface area contributed by atoms with Gasteiger partial charge in [-0.25, -0.2) is 8.99 Å². The molecule has 1 saturated carbocycles. The minimum Gasteiger partial charge on any atom is -0.497 e. The van der Waals surface area contributed by atoms with E-state index in [-0.39, 0.29) is 5.92 Å². The number of amides is 1. The summed E-state index contributed by atoms with van der Waals surface area (Å²) in [6.45, 7) is 0.695. The maximum atomic E-state index is 13.8. The van der Waals surface area contributed by atoms with E-state index in [9.17, 15) is 9.00 Å². The molecule has 2 aromatic rings. The molecule has 7 nitrogen and oxygen atoms in total. The molecule has 4 atom stereocenters. The molecule has 5 rings (SSSR count). The summed E-state index contributed by atoms with van der Waals surface area (Å²) in [7, 11) is -1.85. The minimum absolute atomic E-state index is 0.202. The van der Waals surface area contributed by atoms with E-state index in [1.54, 1.807) is 35.7 Å². The third-order valence-electron chi connectivity index (χ3n) is 6.68. The molecule has 1 amide bonds. The molecule has 2 aliphatic heterocycles. The molecule has 158 valence electrons. The van der Waals surface area contributed by atoms with E-state index in [0.29, 0.717) is 30.1 Å². The number of nitrogens with one attached hydrogen (secondary N) is 1. The minimum atomic E-state index is -3.41. The number of nitrogens with two attached hydrogens (primary N) is 1. The zero-order valence-electron chi connectivity index (χ0n) is 16.8. The normalized spacial score (nSPS) is 28.8. The molecule has 4 unspecified atom stereocenters. The maximum Gasteiger partial charge on any atom is 0.235 e. The number of ether oxygens (including phenoxy) is 2. The van der Waals surface area contributed by atoms with Crippen molar-refractivity contribution in [2.24, 2.45) is 11.7 Å². The number of fused-ring (bicyclic) bond motifs is 2. The molecule has 0 spiro atoms. The Bertz CT molecular complexity index is 1120. The monoisotopic (exact) mass is 427 g/mol. The summed E-state index contributed by atoms with van der Waals surface area (Å²) in [5.74, 6) is 1.21. The van der Waals surface area contributed by atoms with Crippen LogP contribution in [0, 0.1) is 10.7 Å². The molecule has 3 N–H and O–H groups in total. The van der Waals surface area contributed by atoms with Gasteiger partial charge in [-0.3, -0.25) is 4.79 Å². The van der Waals surface area contributed by atoms with Crippen molar-refractivity contribution in [1.29, 1.82) is 4.78 Å². The van der Waals surface area contributed by atoms with Crippen molar-refractivity contribution in [3.05, 3.63) is 53.6 Å². The number of hydrogen-bond acceptors (Lipinski definition) is 5. The maximum absolute atomic E-state index is 13.8. The highest BCUT2D eigenvalue weighted by Gasteiger charge is 2.68. The summed E-state index contributed by atoms with van der Waals surface area (Å²) in [6.07, 6.45) is 2.88. The molecule has 0 bridgehead atoms. The van der Waals surface area contributed by atoms with Crippen molar-refractivity contribution in [2.45, 2.75) is 42.2 Å². The summed E-state index contributed by atoms with van der Waals surface area (Å²) in [5.41, 5.74) is 7.46. The van der Waals surface area contributed by atoms with Gasteiger partial charge in [0.15, 0.2) is 0 Å². The first-order chi connectivity index (χ1) is 14.3. The van der Waals surface area contributed by atoms with Crippen LogP contribution in [0.25, 0.3) is 0 Å². The van der Waals surface area contributed by atoms with Crippen LogP contribution in [0.2, 0.25) is 0 Å². The number of carbonyl (C=O) groups is 1. The summed E-state index contributed by atoms with van der Waals surface area (Å²) in [6, 6.07) is 12.1. The van der Waals surface area contributed by atoms with E-state index in [1.807, 2.05) is 6.07 Å². The number of piperidine rings is 1. The molecule has 2 aromatic carbocycles. The Hall–Kier alpha value is -2.58. The first-order valence-electron chi connectivity index (χ1n) is 10.1. The van der Waals surface area contributed by atoms with Crippen LogP contribution < -0.4 is 15.2 Å². The van der Waals surface area contributed by atoms with Gasteiger partial charge in [-0.05, 0) is 66.6 Å². The number of nitrogens with zero attached hydrogens (tertiary/aromatic N) is 1. The van der Waals surface area contributed by atoms with Crippen LogP contribution in [0.1, 0.15) is 24.0 Å². The van der Waals surface area contributed by atoms with Crippen LogP contribution >= 0.6 is 0 Å². The quantitative estimate of drug-likeness (QED) is 0.739. The Morgan fingerprint density at radius 3 is 2.80 bits per heavy atom. The summed E-state index contributed by atoms with van der Waals surface area (Å²) < 4.78 is 35.2. The molecule has 1 aliphatic carbocycles. The third kappa shape index (κ3) is 2.89. The number of primary amides is 1. The Morgan fingerprint density at radius 2 is 2.10 bits per heavy atom. The molecule has 8 heteroatoms. The van der Waals surface area contributed by atoms with Gasteiger partial charge in [-0.1, -0.05) is 12.1 Å². The van der Waals surface area contributed by atoms with Gasteiger partial charge in [0.25, 0.3) is 0 Å². The zero-order valence-corrected chi connectivity index (χ0v) is 17.6. The van der Waals surface area contributed by atoms with E-state index in [2.05, 4.69) is 12.1 Å². The van der Waals surface area contributed by atoms with E-state index >= 15 is 0 Å². The molecule has 2 heterocycles. The van der Waals surface area contributed by atoms with Gasteiger partial charge in [0.1, 0.15) is 27.5 Å². The highest BCUT2D eigenvalue weighted by atomic mass is 32.2. The van der Waals surface area contributed by atoms with Crippen LogP contribution in [0.4, 0.5) is 0 Å². The fourth-order valence-corrected chi connectivity index (χ4v) is 7.21. The van der Waals surface area contributed by atoms with Crippen molar-refractivity contribution in [3.63, 3.8) is 0 Å². The average molecular weight is 428 g/mol. The van der Waals surface area contributed by atoms with Crippen LogP contribution in [0.5, 0.6) is 11.5 Å². The number of rotatable bonds is 6. The number of benzene rings is 2. The van der Waals surface area contributed by atoms with E-state index in [1.165, 1.54) is 5.56 Å². The second kappa shape index (κ2) is 6.72. The first-order valence-corrected chi connectivity index (χ1v) is 11.6. The van der Waals surface area contributed by atoms with Crippen LogP contribution in [0.15, 0.2) is 47.4 Å². The number of carbonyl (C=O) groups excluding carboxylic acids is 1. The fourth-order valence-electron chi connectivity index (χ4n) is 5.13. The summed E-state index contributed by atoms with van der Waals surface area (Å²) in [5, 5.41) is 0. The Morgan fingerprint density at radius 1 is 1.33 bits per heavy atom. The molecule has 0 aromatic heterocycles. The fraction of sp³-hybridized carbons (Fsp3) is 0.409. The lowest BCUT2D eigenvalue weighted by atomic mass is 10.0. The Balaban J connectivity index is 1.52. The molecule has 1 saturated heterocycles. The van der Waals surface area contributed by atoms with Crippen molar-refractivity contribution >= 4 is 15.8 Å². The van der Waals surface area contributed by atoms with Gasteiger partial charge in [-0.15, -0.1) is 0 Å². The molecule has 0 radical (unpaired) electrons. The average Bonchev–Trinajstić information content (AvgIpc) is 3.07. The number of hydrogen-bond donors (Lipinski definition) is 2. The molecule has 30 heavy (non-hydrogen) atoms. The topological polar surface area (TPSA) is 106 Å². The predicted molar refractivity (Wildman–Crippen MR) is 112 cm³/mol. The van der Waals surface area contributed by atoms with Crippen LogP contribution in [0.3, 0.4) is 0 Å². The Kier molecular flexibility index (Phi) is 4.34. The van der Waals surface area contributed by atoms with Crippen molar-refractivity contribution in [2.75, 3.05) is 13.7 Å². The van der Waals surface area contributed by atoms with Gasteiger partial charge >= 0.3 is 0 Å². The third-order valence-corrected chi connectivity index (χ3v) is 8.77. The standard InChI is InChI=1S/C22H25N3O4S/c1-28-17-4-6-18(7-5-17)30(24,27)25-19(21(23)26)11-16-13-22(16,25)12-14-2-3-15-8-9-29-20(15)10-14/h2-7,10,16,19,24H,8-9,11-13H2,1H3,(H2,23,26). The van der Waals surface area contributed by atoms with E-state index in [0.717, 1.165) is 24.2 Å². The zero-order chi connectivity index (χ0) is 21.1. The highest BCUT2D eigenvalue weighted by molar-refractivity contribution is 7.90. The predicted octanol–water partition coefficient (Wildman–Crippen LogP) is 2.51. The Labute approximate surface area is 176 Å². The lowest BCUT2D eigenvalue weighted by Gasteiger charge is -2.34. The second-order valence-corrected chi connectivity index (χ2v) is 10.3. The van der Waals surface area contributed by atoms with Crippen molar-refractivity contribution < 1.29 is 18.5 Å². The van der Waals surface area contributed by atoms with Crippen LogP contribution in [-0.4, -0.2) is 39.7 Å². The lowest BCUT2D eigenvalue weighted by molar-refractivity contribution is -0.121. The second-order valence-electron chi connectivity index (χ2n) is 8.40. The molecule has 2 fully saturated rings. The summed E-state index contributed by atoms with van der Waals surface area (Å²) >= 11 is 0. The van der Waals surface area contributed by atoms with E-state index in [4.69, 9.17) is 20.0 Å². The van der Waals surface area contributed by atoms with Gasteiger partial charge in [0.2, 0.25) is 5.91 Å². The van der Waals surface area contributed by atoms with Gasteiger partial charge in [0.05, 0.1) is 18.6 Å². The molecular formula is C22H25N3O4S. The highest BCUT2D eigenvalue weighted by Crippen LogP contribution is 2.61. The van der Waals surface area contributed by atoms with Crippen LogP contribution in [-0.2, 0) is 27.6 Å². The largest absolute Gasteiger partial charge is 0.497 e. The summed E-state index contributed by atoms with van der Waals surface area (Å²) in [4.78, 5) is 12.6. The van der Waals surface area contributed by atoms with Crippen molar-refractivity contribution in [1.82, 2.24) is 4.31 Å². The van der Waals surface area contributed by atoms with E-state index < -0.39 is 27.4 Å². The first kappa shape index (κ1) is 19.4. The van der Waals surface area contributed by atoms with Crippen molar-refractivity contribution in [3.8, 4) is 11.5 Å². The smallest absolute Gasteiger partial charge is 0.235 e.